The van der Waals surface area contributed by atoms with Crippen molar-refractivity contribution in [2.45, 2.75) is 44.6 Å². The molecular formula is C18H23N3O4. The number of benzene rings is 1. The number of non-ortho nitro benzene ring substituents is 1. The molecule has 7 nitrogen and oxygen atoms in total. The molecule has 0 spiro atoms. The van der Waals surface area contributed by atoms with Gasteiger partial charge in [0.25, 0.3) is 5.69 Å². The summed E-state index contributed by atoms with van der Waals surface area (Å²) in [7, 11) is 0. The number of primary amides is 1. The fourth-order valence-electron chi connectivity index (χ4n) is 3.20. The Labute approximate surface area is 146 Å². The molecule has 1 saturated carbocycles. The second-order valence-corrected chi connectivity index (χ2v) is 6.37. The van der Waals surface area contributed by atoms with Crippen LogP contribution in [-0.4, -0.2) is 22.8 Å². The van der Waals surface area contributed by atoms with Crippen molar-refractivity contribution in [3.63, 3.8) is 0 Å². The highest BCUT2D eigenvalue weighted by atomic mass is 16.6. The number of hydrogen-bond donors (Lipinski definition) is 2. The highest BCUT2D eigenvalue weighted by Crippen LogP contribution is 2.27. The minimum atomic E-state index is -0.473. The number of nitro benzene ring substituents is 1. The number of carbonyl (C=O) groups excluding carboxylic acids is 2. The molecule has 0 aromatic heterocycles. The average Bonchev–Trinajstić information content (AvgIpc) is 2.60. The largest absolute Gasteiger partial charge is 0.370 e. The Morgan fingerprint density at radius 1 is 1.24 bits per heavy atom. The quantitative estimate of drug-likeness (QED) is 0.449. The van der Waals surface area contributed by atoms with Gasteiger partial charge in [-0.3, -0.25) is 19.7 Å². The van der Waals surface area contributed by atoms with E-state index in [1.54, 1.807) is 18.2 Å². The third-order valence-corrected chi connectivity index (χ3v) is 4.50. The van der Waals surface area contributed by atoms with Crippen LogP contribution >= 0.6 is 0 Å². The van der Waals surface area contributed by atoms with E-state index in [2.05, 4.69) is 5.32 Å². The molecular weight excluding hydrogens is 322 g/mol. The lowest BCUT2D eigenvalue weighted by atomic mass is 9.82. The molecule has 1 aromatic rings. The Balaban J connectivity index is 1.97. The molecule has 0 bridgehead atoms. The van der Waals surface area contributed by atoms with Gasteiger partial charge >= 0.3 is 0 Å². The fourth-order valence-corrected chi connectivity index (χ4v) is 3.20. The maximum atomic E-state index is 12.2. The van der Waals surface area contributed by atoms with Gasteiger partial charge in [0.15, 0.2) is 0 Å². The molecule has 0 heterocycles. The highest BCUT2D eigenvalue weighted by Gasteiger charge is 2.25. The lowest BCUT2D eigenvalue weighted by Gasteiger charge is -2.30. The van der Waals surface area contributed by atoms with Crippen LogP contribution in [-0.2, 0) is 9.59 Å². The standard InChI is InChI=1S/C18H23N3O4/c19-17(22)12-16(14-4-2-1-3-5-14)20-18(23)11-8-13-6-9-15(10-7-13)21(24)25/h6-11,14,16H,1-5,12H2,(H2,19,22)(H,20,23)/b11-8+. The van der Waals surface area contributed by atoms with Crippen LogP contribution in [0.1, 0.15) is 44.1 Å². The van der Waals surface area contributed by atoms with Crippen LogP contribution in [0.4, 0.5) is 5.69 Å². The monoisotopic (exact) mass is 345 g/mol. The number of rotatable bonds is 7. The molecule has 1 fully saturated rings. The average molecular weight is 345 g/mol. The number of amides is 2. The van der Waals surface area contributed by atoms with E-state index in [0.717, 1.165) is 25.7 Å². The fraction of sp³-hybridized carbons (Fsp3) is 0.444. The summed E-state index contributed by atoms with van der Waals surface area (Å²) in [6.45, 7) is 0. The third-order valence-electron chi connectivity index (χ3n) is 4.50. The van der Waals surface area contributed by atoms with Gasteiger partial charge in [0.2, 0.25) is 11.8 Å². The maximum Gasteiger partial charge on any atom is 0.269 e. The first-order valence-corrected chi connectivity index (χ1v) is 8.47. The van der Waals surface area contributed by atoms with E-state index in [1.165, 1.54) is 24.6 Å². The molecule has 0 aliphatic heterocycles. The first-order chi connectivity index (χ1) is 12.0. The van der Waals surface area contributed by atoms with E-state index in [1.807, 2.05) is 0 Å². The minimum absolute atomic E-state index is 0.000391. The van der Waals surface area contributed by atoms with E-state index in [4.69, 9.17) is 5.73 Å². The van der Waals surface area contributed by atoms with Crippen LogP contribution in [0.2, 0.25) is 0 Å². The second kappa shape index (κ2) is 8.96. The van der Waals surface area contributed by atoms with Crippen LogP contribution in [0.5, 0.6) is 0 Å². The van der Waals surface area contributed by atoms with Crippen molar-refractivity contribution < 1.29 is 14.5 Å². The zero-order valence-corrected chi connectivity index (χ0v) is 14.0. The summed E-state index contributed by atoms with van der Waals surface area (Å²) in [6, 6.07) is 5.67. The lowest BCUT2D eigenvalue weighted by molar-refractivity contribution is -0.384. The van der Waals surface area contributed by atoms with Gasteiger partial charge in [0, 0.05) is 30.7 Å². The zero-order valence-electron chi connectivity index (χ0n) is 14.0. The van der Waals surface area contributed by atoms with Gasteiger partial charge in [-0.15, -0.1) is 0 Å². The Morgan fingerprint density at radius 2 is 1.88 bits per heavy atom. The summed E-state index contributed by atoms with van der Waals surface area (Å²) in [4.78, 5) is 33.6. The molecule has 1 unspecified atom stereocenters. The summed E-state index contributed by atoms with van der Waals surface area (Å²) < 4.78 is 0. The Bertz CT molecular complexity index is 649. The smallest absolute Gasteiger partial charge is 0.269 e. The molecule has 1 atom stereocenters. The molecule has 3 N–H and O–H groups in total. The van der Waals surface area contributed by atoms with Crippen molar-refractivity contribution in [3.05, 3.63) is 46.0 Å². The number of nitrogens with one attached hydrogen (secondary N) is 1. The molecule has 134 valence electrons. The molecule has 2 rings (SSSR count). The number of carbonyl (C=O) groups is 2. The van der Waals surface area contributed by atoms with Crippen LogP contribution < -0.4 is 11.1 Å². The summed E-state index contributed by atoms with van der Waals surface area (Å²) in [5, 5.41) is 13.5. The first kappa shape index (κ1) is 18.6. The molecule has 7 heteroatoms. The number of nitro groups is 1. The number of hydrogen-bond acceptors (Lipinski definition) is 4. The van der Waals surface area contributed by atoms with Crippen molar-refractivity contribution in [1.29, 1.82) is 0 Å². The van der Waals surface area contributed by atoms with Gasteiger partial charge in [-0.05, 0) is 42.5 Å². The van der Waals surface area contributed by atoms with Crippen molar-refractivity contribution in [3.8, 4) is 0 Å². The predicted molar refractivity (Wildman–Crippen MR) is 94.4 cm³/mol. The maximum absolute atomic E-state index is 12.2. The summed E-state index contributed by atoms with van der Waals surface area (Å²) >= 11 is 0. The SMILES string of the molecule is NC(=O)CC(NC(=O)/C=C/c1ccc([N+](=O)[O-])cc1)C1CCCCC1. The summed E-state index contributed by atoms with van der Waals surface area (Å²) in [6.07, 6.45) is 8.48. The highest BCUT2D eigenvalue weighted by molar-refractivity contribution is 5.92. The Morgan fingerprint density at radius 3 is 2.44 bits per heavy atom. The normalized spacial score (nSPS) is 16.5. The van der Waals surface area contributed by atoms with Crippen LogP contribution in [0.25, 0.3) is 6.08 Å². The molecule has 25 heavy (non-hydrogen) atoms. The molecule has 1 aliphatic rings. The molecule has 1 aromatic carbocycles. The van der Waals surface area contributed by atoms with Gasteiger partial charge in [-0.25, -0.2) is 0 Å². The molecule has 0 radical (unpaired) electrons. The van der Waals surface area contributed by atoms with Gasteiger partial charge in [0.1, 0.15) is 0 Å². The minimum Gasteiger partial charge on any atom is -0.370 e. The van der Waals surface area contributed by atoms with E-state index in [9.17, 15) is 19.7 Å². The second-order valence-electron chi connectivity index (χ2n) is 6.37. The van der Waals surface area contributed by atoms with E-state index in [-0.39, 0.29) is 30.0 Å². The van der Waals surface area contributed by atoms with Crippen LogP contribution in [0.15, 0.2) is 30.3 Å². The van der Waals surface area contributed by atoms with Gasteiger partial charge in [-0.2, -0.15) is 0 Å². The topological polar surface area (TPSA) is 115 Å². The van der Waals surface area contributed by atoms with Crippen molar-refractivity contribution >= 4 is 23.6 Å². The first-order valence-electron chi connectivity index (χ1n) is 8.47. The molecule has 1 aliphatic carbocycles. The van der Waals surface area contributed by atoms with Crippen molar-refractivity contribution in [2.75, 3.05) is 0 Å². The van der Waals surface area contributed by atoms with Gasteiger partial charge < -0.3 is 11.1 Å². The van der Waals surface area contributed by atoms with Gasteiger partial charge in [-0.1, -0.05) is 19.3 Å². The molecule has 0 saturated heterocycles. The number of nitrogens with two attached hydrogens (primary N) is 1. The van der Waals surface area contributed by atoms with Gasteiger partial charge in [0.05, 0.1) is 4.92 Å². The van der Waals surface area contributed by atoms with Crippen molar-refractivity contribution in [1.82, 2.24) is 5.32 Å². The molecule has 2 amide bonds. The van der Waals surface area contributed by atoms with Crippen LogP contribution in [0.3, 0.4) is 0 Å². The van der Waals surface area contributed by atoms with Crippen molar-refractivity contribution in [2.24, 2.45) is 11.7 Å². The Hall–Kier alpha value is -2.70. The number of nitrogens with zero attached hydrogens (tertiary/aromatic N) is 1. The van der Waals surface area contributed by atoms with E-state index < -0.39 is 10.8 Å². The third kappa shape index (κ3) is 6.02. The predicted octanol–water partition coefficient (Wildman–Crippen LogP) is 2.55. The summed E-state index contributed by atoms with van der Waals surface area (Å²) in [5.41, 5.74) is 6.00. The Kier molecular flexibility index (Phi) is 6.68. The zero-order chi connectivity index (χ0) is 18.2. The van der Waals surface area contributed by atoms with E-state index in [0.29, 0.717) is 5.56 Å². The summed E-state index contributed by atoms with van der Waals surface area (Å²) in [5.74, 6) is -0.441. The van der Waals surface area contributed by atoms with Crippen LogP contribution in [0, 0.1) is 16.0 Å². The van der Waals surface area contributed by atoms with E-state index >= 15 is 0 Å². The lowest BCUT2D eigenvalue weighted by Crippen LogP contribution is -2.42.